The lowest BCUT2D eigenvalue weighted by Gasteiger charge is -2.23. The van der Waals surface area contributed by atoms with E-state index >= 15 is 0 Å². The molecule has 20 heavy (non-hydrogen) atoms. The molecule has 4 heteroatoms. The molecule has 0 saturated carbocycles. The van der Waals surface area contributed by atoms with Crippen LogP contribution in [0.2, 0.25) is 0 Å². The molecule has 1 atom stereocenters. The maximum absolute atomic E-state index is 12.0. The lowest BCUT2D eigenvalue weighted by atomic mass is 9.96. The van der Waals surface area contributed by atoms with Crippen molar-refractivity contribution in [3.8, 4) is 0 Å². The van der Waals surface area contributed by atoms with E-state index in [2.05, 4.69) is 24.5 Å². The van der Waals surface area contributed by atoms with Gasteiger partial charge in [0.1, 0.15) is 0 Å². The van der Waals surface area contributed by atoms with Crippen LogP contribution in [0, 0.1) is 5.92 Å². The minimum atomic E-state index is -0.124. The van der Waals surface area contributed by atoms with Gasteiger partial charge in [-0.15, -0.1) is 11.3 Å². The van der Waals surface area contributed by atoms with Crippen LogP contribution in [-0.2, 0) is 6.54 Å². The Balaban J connectivity index is 1.93. The first-order valence-electron chi connectivity index (χ1n) is 6.78. The zero-order valence-corrected chi connectivity index (χ0v) is 12.6. The van der Waals surface area contributed by atoms with E-state index in [1.165, 1.54) is 0 Å². The smallest absolute Gasteiger partial charge is 0.315 e. The summed E-state index contributed by atoms with van der Waals surface area (Å²) in [5.74, 6) is 0.338. The summed E-state index contributed by atoms with van der Waals surface area (Å²) in [6.07, 6.45) is 0. The quantitative estimate of drug-likeness (QED) is 0.859. The Morgan fingerprint density at radius 2 is 1.90 bits per heavy atom. The van der Waals surface area contributed by atoms with Crippen LogP contribution in [0.5, 0.6) is 0 Å². The molecular formula is C16H20N2OS. The Morgan fingerprint density at radius 3 is 2.50 bits per heavy atom. The molecule has 0 aliphatic carbocycles. The molecule has 2 N–H and O–H groups in total. The van der Waals surface area contributed by atoms with Crippen molar-refractivity contribution in [2.24, 2.45) is 5.92 Å². The number of amides is 2. The molecule has 2 aromatic rings. The number of rotatable bonds is 5. The Bertz CT molecular complexity index is 523. The van der Waals surface area contributed by atoms with Gasteiger partial charge in [0.05, 0.1) is 12.6 Å². The fourth-order valence-electron chi connectivity index (χ4n) is 2.07. The average molecular weight is 288 g/mol. The van der Waals surface area contributed by atoms with Gasteiger partial charge in [-0.3, -0.25) is 0 Å². The standard InChI is InChI=1S/C16H20N2OS/c1-12(2)15(13-7-4-3-5-8-13)18-16(19)17-11-14-9-6-10-20-14/h3-10,12,15H,11H2,1-2H3,(H2,17,18,19). The van der Waals surface area contributed by atoms with Crippen molar-refractivity contribution < 1.29 is 4.79 Å². The second kappa shape index (κ2) is 7.10. The maximum Gasteiger partial charge on any atom is 0.315 e. The van der Waals surface area contributed by atoms with E-state index < -0.39 is 0 Å². The third-order valence-corrected chi connectivity index (χ3v) is 3.99. The number of carbonyl (C=O) groups excluding carboxylic acids is 1. The second-order valence-electron chi connectivity index (χ2n) is 5.04. The molecule has 1 aromatic heterocycles. The summed E-state index contributed by atoms with van der Waals surface area (Å²) in [6, 6.07) is 14.0. The molecular weight excluding hydrogens is 268 g/mol. The molecule has 106 valence electrons. The summed E-state index contributed by atoms with van der Waals surface area (Å²) in [4.78, 5) is 13.2. The number of carbonyl (C=O) groups is 1. The highest BCUT2D eigenvalue weighted by Crippen LogP contribution is 2.21. The normalized spacial score (nSPS) is 12.2. The highest BCUT2D eigenvalue weighted by atomic mass is 32.1. The summed E-state index contributed by atoms with van der Waals surface area (Å²) in [5, 5.41) is 7.96. The van der Waals surface area contributed by atoms with Crippen LogP contribution in [0.3, 0.4) is 0 Å². The molecule has 1 unspecified atom stereocenters. The molecule has 2 rings (SSSR count). The van der Waals surface area contributed by atoms with E-state index in [0.717, 1.165) is 10.4 Å². The Morgan fingerprint density at radius 1 is 1.15 bits per heavy atom. The van der Waals surface area contributed by atoms with Crippen molar-refractivity contribution in [2.75, 3.05) is 0 Å². The Kier molecular flexibility index (Phi) is 5.18. The first-order chi connectivity index (χ1) is 9.66. The molecule has 0 bridgehead atoms. The van der Waals surface area contributed by atoms with Crippen LogP contribution < -0.4 is 10.6 Å². The molecule has 0 aliphatic rings. The van der Waals surface area contributed by atoms with Gasteiger partial charge >= 0.3 is 6.03 Å². The Hall–Kier alpha value is -1.81. The van der Waals surface area contributed by atoms with Gasteiger partial charge in [-0.25, -0.2) is 4.79 Å². The fourth-order valence-corrected chi connectivity index (χ4v) is 2.71. The van der Waals surface area contributed by atoms with Crippen molar-refractivity contribution in [3.05, 3.63) is 58.3 Å². The third-order valence-electron chi connectivity index (χ3n) is 3.12. The van der Waals surface area contributed by atoms with Crippen molar-refractivity contribution in [1.82, 2.24) is 10.6 Å². The SMILES string of the molecule is CC(C)C(NC(=O)NCc1cccs1)c1ccccc1. The fraction of sp³-hybridized carbons (Fsp3) is 0.312. The van der Waals surface area contributed by atoms with E-state index in [4.69, 9.17) is 0 Å². The number of urea groups is 1. The lowest BCUT2D eigenvalue weighted by molar-refractivity contribution is 0.233. The highest BCUT2D eigenvalue weighted by molar-refractivity contribution is 7.09. The van der Waals surface area contributed by atoms with Crippen molar-refractivity contribution in [3.63, 3.8) is 0 Å². The van der Waals surface area contributed by atoms with E-state index in [-0.39, 0.29) is 12.1 Å². The predicted molar refractivity (Wildman–Crippen MR) is 83.7 cm³/mol. The third kappa shape index (κ3) is 4.10. The molecule has 0 saturated heterocycles. The summed E-state index contributed by atoms with van der Waals surface area (Å²) in [7, 11) is 0. The maximum atomic E-state index is 12.0. The highest BCUT2D eigenvalue weighted by Gasteiger charge is 2.17. The molecule has 0 radical (unpaired) electrons. The minimum absolute atomic E-state index is 0.0273. The molecule has 2 amide bonds. The van der Waals surface area contributed by atoms with Crippen molar-refractivity contribution in [1.29, 1.82) is 0 Å². The molecule has 0 spiro atoms. The van der Waals surface area contributed by atoms with Crippen LogP contribution in [0.15, 0.2) is 47.8 Å². The number of hydrogen-bond donors (Lipinski definition) is 2. The van der Waals surface area contributed by atoms with Gasteiger partial charge in [0.25, 0.3) is 0 Å². The Labute approximate surface area is 124 Å². The van der Waals surface area contributed by atoms with Crippen LogP contribution in [0.25, 0.3) is 0 Å². The van der Waals surface area contributed by atoms with Crippen molar-refractivity contribution in [2.45, 2.75) is 26.4 Å². The largest absolute Gasteiger partial charge is 0.333 e. The van der Waals surface area contributed by atoms with Crippen molar-refractivity contribution >= 4 is 17.4 Å². The molecule has 0 aliphatic heterocycles. The molecule has 1 aromatic carbocycles. The van der Waals surface area contributed by atoms with E-state index in [0.29, 0.717) is 12.5 Å². The molecule has 0 fully saturated rings. The van der Waals surface area contributed by atoms with Gasteiger partial charge in [0.15, 0.2) is 0 Å². The minimum Gasteiger partial charge on any atom is -0.333 e. The van der Waals surface area contributed by atoms with Gasteiger partial charge in [0.2, 0.25) is 0 Å². The number of thiophene rings is 1. The summed E-state index contributed by atoms with van der Waals surface area (Å²) < 4.78 is 0. The van der Waals surface area contributed by atoms with Gasteiger partial charge in [-0.1, -0.05) is 50.2 Å². The van der Waals surface area contributed by atoms with Gasteiger partial charge in [-0.2, -0.15) is 0 Å². The first-order valence-corrected chi connectivity index (χ1v) is 7.66. The van der Waals surface area contributed by atoms with E-state index in [9.17, 15) is 4.79 Å². The summed E-state index contributed by atoms with van der Waals surface area (Å²) >= 11 is 1.64. The number of nitrogens with one attached hydrogen (secondary N) is 2. The topological polar surface area (TPSA) is 41.1 Å². The molecule has 3 nitrogen and oxygen atoms in total. The average Bonchev–Trinajstić information content (AvgIpc) is 2.96. The van der Waals surface area contributed by atoms with Crippen LogP contribution in [0.1, 0.15) is 30.3 Å². The van der Waals surface area contributed by atoms with Crippen LogP contribution in [-0.4, -0.2) is 6.03 Å². The van der Waals surface area contributed by atoms with Gasteiger partial charge in [-0.05, 0) is 22.9 Å². The van der Waals surface area contributed by atoms with Crippen LogP contribution >= 0.6 is 11.3 Å². The zero-order chi connectivity index (χ0) is 14.4. The summed E-state index contributed by atoms with van der Waals surface area (Å²) in [6.45, 7) is 4.79. The second-order valence-corrected chi connectivity index (χ2v) is 6.07. The zero-order valence-electron chi connectivity index (χ0n) is 11.8. The predicted octanol–water partition coefficient (Wildman–Crippen LogP) is 3.94. The monoisotopic (exact) mass is 288 g/mol. The van der Waals surface area contributed by atoms with Gasteiger partial charge in [0, 0.05) is 4.88 Å². The number of benzene rings is 1. The van der Waals surface area contributed by atoms with E-state index in [1.807, 2.05) is 47.8 Å². The van der Waals surface area contributed by atoms with E-state index in [1.54, 1.807) is 11.3 Å². The first kappa shape index (κ1) is 14.6. The van der Waals surface area contributed by atoms with Crippen LogP contribution in [0.4, 0.5) is 4.79 Å². The lowest BCUT2D eigenvalue weighted by Crippen LogP contribution is -2.39. The summed E-state index contributed by atoms with van der Waals surface area (Å²) in [5.41, 5.74) is 1.13. The van der Waals surface area contributed by atoms with Gasteiger partial charge < -0.3 is 10.6 Å². The molecule has 1 heterocycles. The number of hydrogen-bond acceptors (Lipinski definition) is 2.